The molecule has 1 rings (SSSR count). The number of aromatic carboxylic acids is 1. The van der Waals surface area contributed by atoms with Crippen LogP contribution in [-0.4, -0.2) is 25.8 Å². The van der Waals surface area contributed by atoms with Gasteiger partial charge in [-0.3, -0.25) is 0 Å². The molecule has 9 heteroatoms. The van der Waals surface area contributed by atoms with Crippen molar-refractivity contribution in [2.75, 3.05) is 0 Å². The molecule has 0 bridgehead atoms. The van der Waals surface area contributed by atoms with E-state index in [4.69, 9.17) is 5.11 Å². The minimum atomic E-state index is -3.25. The second-order valence-corrected chi connectivity index (χ2v) is 2.17. The molecule has 0 aliphatic rings. The Morgan fingerprint density at radius 3 is 2.57 bits per heavy atom. The molecule has 0 spiro atoms. The summed E-state index contributed by atoms with van der Waals surface area (Å²) in [7, 11) is 0. The molecular formula is C5H3F2N3O4. The third kappa shape index (κ3) is 1.65. The molecule has 0 aliphatic carbocycles. The van der Waals surface area contributed by atoms with Gasteiger partial charge in [0.2, 0.25) is 0 Å². The molecule has 1 N–H and O–H groups in total. The van der Waals surface area contributed by atoms with Crippen LogP contribution in [0.5, 0.6) is 0 Å². The molecule has 0 fully saturated rings. The average molecular weight is 207 g/mol. The number of rotatable bonds is 3. The van der Waals surface area contributed by atoms with E-state index >= 15 is 0 Å². The average Bonchev–Trinajstić information content (AvgIpc) is 2.47. The van der Waals surface area contributed by atoms with E-state index in [1.807, 2.05) is 0 Å². The van der Waals surface area contributed by atoms with Crippen LogP contribution in [0, 0.1) is 10.1 Å². The molecule has 0 saturated carbocycles. The fraction of sp³-hybridized carbons (Fsp3) is 0.200. The number of nitro groups is 1. The zero-order chi connectivity index (χ0) is 10.9. The van der Waals surface area contributed by atoms with Gasteiger partial charge in [-0.25, -0.2) is 4.79 Å². The molecule has 7 nitrogen and oxygen atoms in total. The SMILES string of the molecule is O=C(O)c1cc([N+](=O)[O-])n(C(F)F)n1. The van der Waals surface area contributed by atoms with Gasteiger partial charge in [-0.1, -0.05) is 9.78 Å². The first-order valence-electron chi connectivity index (χ1n) is 3.19. The van der Waals surface area contributed by atoms with Crippen LogP contribution in [0.4, 0.5) is 14.6 Å². The van der Waals surface area contributed by atoms with Crippen molar-refractivity contribution in [3.8, 4) is 0 Å². The first kappa shape index (κ1) is 10.0. The van der Waals surface area contributed by atoms with Crippen molar-refractivity contribution in [2.24, 2.45) is 0 Å². The summed E-state index contributed by atoms with van der Waals surface area (Å²) < 4.78 is 23.9. The fourth-order valence-electron chi connectivity index (χ4n) is 0.769. The third-order valence-corrected chi connectivity index (χ3v) is 1.31. The van der Waals surface area contributed by atoms with Crippen molar-refractivity contribution < 1.29 is 23.6 Å². The van der Waals surface area contributed by atoms with Gasteiger partial charge in [-0.05, 0) is 4.92 Å². The highest BCUT2D eigenvalue weighted by molar-refractivity contribution is 5.85. The quantitative estimate of drug-likeness (QED) is 0.585. The number of alkyl halides is 2. The normalized spacial score (nSPS) is 10.5. The van der Waals surface area contributed by atoms with Crippen molar-refractivity contribution in [1.29, 1.82) is 0 Å². The number of halogens is 2. The van der Waals surface area contributed by atoms with E-state index in [-0.39, 0.29) is 4.68 Å². The van der Waals surface area contributed by atoms with E-state index in [2.05, 4.69) is 5.10 Å². The molecule has 0 aliphatic heterocycles. The molecule has 0 saturated heterocycles. The van der Waals surface area contributed by atoms with Gasteiger partial charge < -0.3 is 15.2 Å². The van der Waals surface area contributed by atoms with E-state index in [1.54, 1.807) is 0 Å². The minimum Gasteiger partial charge on any atom is -0.476 e. The predicted molar refractivity (Wildman–Crippen MR) is 37.1 cm³/mol. The van der Waals surface area contributed by atoms with Gasteiger partial charge >= 0.3 is 18.3 Å². The van der Waals surface area contributed by atoms with Crippen LogP contribution in [0.15, 0.2) is 6.07 Å². The maximum absolute atomic E-state index is 12.1. The Hall–Kier alpha value is -2.06. The van der Waals surface area contributed by atoms with E-state index < -0.39 is 29.0 Å². The summed E-state index contributed by atoms with van der Waals surface area (Å²) in [5, 5.41) is 21.4. The number of aromatic nitrogens is 2. The summed E-state index contributed by atoms with van der Waals surface area (Å²) >= 11 is 0. The van der Waals surface area contributed by atoms with E-state index in [0.717, 1.165) is 0 Å². The summed E-state index contributed by atoms with van der Waals surface area (Å²) in [6.45, 7) is -3.25. The lowest BCUT2D eigenvalue weighted by Crippen LogP contribution is -2.06. The summed E-state index contributed by atoms with van der Waals surface area (Å²) in [4.78, 5) is 19.3. The van der Waals surface area contributed by atoms with E-state index in [0.29, 0.717) is 6.07 Å². The van der Waals surface area contributed by atoms with E-state index in [1.165, 1.54) is 0 Å². The fourth-order valence-corrected chi connectivity index (χ4v) is 0.769. The molecule has 1 heterocycles. The first-order valence-corrected chi connectivity index (χ1v) is 3.19. The summed E-state index contributed by atoms with van der Waals surface area (Å²) in [5.41, 5.74) is -0.794. The molecule has 0 amide bonds. The number of hydrogen-bond acceptors (Lipinski definition) is 4. The van der Waals surface area contributed by atoms with Gasteiger partial charge in [-0.15, -0.1) is 0 Å². The molecule has 14 heavy (non-hydrogen) atoms. The number of nitrogens with zero attached hydrogens (tertiary/aromatic N) is 3. The highest BCUT2D eigenvalue weighted by atomic mass is 19.3. The van der Waals surface area contributed by atoms with Crippen LogP contribution in [0.25, 0.3) is 0 Å². The van der Waals surface area contributed by atoms with Gasteiger partial charge in [0.15, 0.2) is 5.69 Å². The molecular weight excluding hydrogens is 204 g/mol. The molecule has 1 aromatic heterocycles. The van der Waals surface area contributed by atoms with Gasteiger partial charge in [0, 0.05) is 0 Å². The molecule has 0 radical (unpaired) electrons. The Morgan fingerprint density at radius 2 is 2.29 bits per heavy atom. The largest absolute Gasteiger partial charge is 0.476 e. The molecule has 1 aromatic rings. The van der Waals surface area contributed by atoms with Crippen LogP contribution in [0.2, 0.25) is 0 Å². The second-order valence-electron chi connectivity index (χ2n) is 2.17. The predicted octanol–water partition coefficient (Wildman–Crippen LogP) is 0.885. The van der Waals surface area contributed by atoms with Crippen LogP contribution in [0.3, 0.4) is 0 Å². The highest BCUT2D eigenvalue weighted by Gasteiger charge is 2.27. The number of carbonyl (C=O) groups is 1. The topological polar surface area (TPSA) is 98.3 Å². The molecule has 0 aromatic carbocycles. The van der Waals surface area contributed by atoms with Crippen molar-refractivity contribution in [3.05, 3.63) is 21.9 Å². The standard InChI is InChI=1S/C5H3F2N3O4/c6-5(7)9-3(10(13)14)1-2(8-9)4(11)12/h1,5H,(H,11,12). The van der Waals surface area contributed by atoms with Crippen LogP contribution in [-0.2, 0) is 0 Å². The smallest absolute Gasteiger partial charge is 0.406 e. The third-order valence-electron chi connectivity index (χ3n) is 1.31. The number of carboxylic acids is 1. The zero-order valence-electron chi connectivity index (χ0n) is 6.42. The lowest BCUT2D eigenvalue weighted by molar-refractivity contribution is -0.394. The lowest BCUT2D eigenvalue weighted by atomic mass is 10.4. The van der Waals surface area contributed by atoms with Gasteiger partial charge in [0.05, 0.1) is 6.07 Å². The van der Waals surface area contributed by atoms with Crippen LogP contribution < -0.4 is 0 Å². The van der Waals surface area contributed by atoms with Crippen LogP contribution >= 0.6 is 0 Å². The Kier molecular flexibility index (Phi) is 2.40. The Morgan fingerprint density at radius 1 is 1.71 bits per heavy atom. The van der Waals surface area contributed by atoms with Crippen LogP contribution in [0.1, 0.15) is 17.0 Å². The summed E-state index contributed by atoms with van der Waals surface area (Å²) in [6.07, 6.45) is 0. The number of hydrogen-bond donors (Lipinski definition) is 1. The lowest BCUT2D eigenvalue weighted by Gasteiger charge is -1.95. The second kappa shape index (κ2) is 3.36. The summed E-state index contributed by atoms with van der Waals surface area (Å²) in [5.74, 6) is -2.66. The molecule has 76 valence electrons. The first-order chi connectivity index (χ1) is 6.43. The molecule has 0 atom stereocenters. The maximum atomic E-state index is 12.1. The van der Waals surface area contributed by atoms with Gasteiger partial charge in [0.25, 0.3) is 0 Å². The van der Waals surface area contributed by atoms with Crippen molar-refractivity contribution >= 4 is 11.8 Å². The maximum Gasteiger partial charge on any atom is 0.406 e. The highest BCUT2D eigenvalue weighted by Crippen LogP contribution is 2.20. The van der Waals surface area contributed by atoms with Crippen molar-refractivity contribution in [2.45, 2.75) is 6.55 Å². The Labute approximate surface area is 74.7 Å². The number of carboxylic acid groups (broad SMARTS) is 1. The Balaban J connectivity index is 3.26. The van der Waals surface area contributed by atoms with Crippen molar-refractivity contribution in [1.82, 2.24) is 9.78 Å². The minimum absolute atomic E-state index is 0.260. The zero-order valence-corrected chi connectivity index (χ0v) is 6.42. The monoisotopic (exact) mass is 207 g/mol. The van der Waals surface area contributed by atoms with Crippen molar-refractivity contribution in [3.63, 3.8) is 0 Å². The molecule has 0 unspecified atom stereocenters. The Bertz CT molecular complexity index is 388. The van der Waals surface area contributed by atoms with Gasteiger partial charge in [-0.2, -0.15) is 8.78 Å². The summed E-state index contributed by atoms with van der Waals surface area (Å²) in [6, 6.07) is 0.467. The van der Waals surface area contributed by atoms with E-state index in [9.17, 15) is 23.7 Å². The van der Waals surface area contributed by atoms with Gasteiger partial charge in [0.1, 0.15) is 0 Å².